The maximum absolute atomic E-state index is 2.67. The average Bonchev–Trinajstić information content (AvgIpc) is 3.93. The van der Waals surface area contributed by atoms with E-state index in [0.717, 1.165) is 6.42 Å². The van der Waals surface area contributed by atoms with Gasteiger partial charge in [0, 0.05) is 60.5 Å². The van der Waals surface area contributed by atoms with E-state index < -0.39 is 0 Å². The van der Waals surface area contributed by atoms with Gasteiger partial charge in [0.05, 0.1) is 27.9 Å². The van der Waals surface area contributed by atoms with Gasteiger partial charge in [-0.1, -0.05) is 142 Å². The molecule has 0 spiro atoms. The van der Waals surface area contributed by atoms with Gasteiger partial charge < -0.3 is 13.7 Å². The smallest absolute Gasteiger partial charge is 0.0541 e. The van der Waals surface area contributed by atoms with Crippen LogP contribution in [-0.4, -0.2) is 13.7 Å². The predicted octanol–water partition coefficient (Wildman–Crippen LogP) is 13.5. The van der Waals surface area contributed by atoms with Crippen LogP contribution in [-0.2, 0) is 5.41 Å². The number of aromatic nitrogens is 3. The number of fused-ring (bicyclic) bond motifs is 12. The fourth-order valence-electron chi connectivity index (χ4n) is 11.8. The second-order valence-electron chi connectivity index (χ2n) is 18.6. The highest BCUT2D eigenvalue weighted by atomic mass is 15.0. The summed E-state index contributed by atoms with van der Waals surface area (Å²) in [6, 6.07) is 59.2. The molecule has 0 radical (unpaired) electrons. The summed E-state index contributed by atoms with van der Waals surface area (Å²) >= 11 is 0. The molecule has 13 rings (SSSR count). The molecule has 62 heavy (non-hydrogen) atoms. The van der Waals surface area contributed by atoms with E-state index in [-0.39, 0.29) is 17.4 Å². The van der Waals surface area contributed by atoms with Crippen LogP contribution in [0.4, 0.5) is 0 Å². The first-order valence-electron chi connectivity index (χ1n) is 22.4. The highest BCUT2D eigenvalue weighted by molar-refractivity contribution is 6.12. The molecule has 0 N–H and O–H groups in total. The number of benzene rings is 7. The lowest BCUT2D eigenvalue weighted by molar-refractivity contribution is 0.421. The Morgan fingerprint density at radius 1 is 0.500 bits per heavy atom. The predicted molar refractivity (Wildman–Crippen MR) is 261 cm³/mol. The molecule has 3 heterocycles. The second-order valence-corrected chi connectivity index (χ2v) is 18.6. The van der Waals surface area contributed by atoms with Gasteiger partial charge in [-0.25, -0.2) is 0 Å². The molecule has 0 bridgehead atoms. The monoisotopic (exact) mass is 797 g/mol. The summed E-state index contributed by atoms with van der Waals surface area (Å²) in [5.74, 6) is 1.08. The number of nitrogens with zero attached hydrogens (tertiary/aromatic N) is 3. The molecule has 3 unspecified atom stereocenters. The van der Waals surface area contributed by atoms with Crippen molar-refractivity contribution >= 4 is 66.7 Å². The molecule has 7 aromatic carbocycles. The van der Waals surface area contributed by atoms with Crippen LogP contribution in [0.2, 0.25) is 0 Å². The maximum Gasteiger partial charge on any atom is 0.0541 e. The lowest BCUT2D eigenvalue weighted by Crippen LogP contribution is -2.37. The molecule has 3 aliphatic rings. The van der Waals surface area contributed by atoms with Crippen LogP contribution in [0.5, 0.6) is 0 Å². The Labute approximate surface area is 361 Å². The van der Waals surface area contributed by atoms with Crippen molar-refractivity contribution in [1.82, 2.24) is 13.7 Å². The molecule has 10 aromatic rings. The molecule has 0 fully saturated rings. The van der Waals surface area contributed by atoms with Gasteiger partial charge in [-0.3, -0.25) is 0 Å². The SMILES string of the molecule is C[C@H]1C=CC=CC(n2c3ccc(-c4ccc5c(c4)c4ccccc4n5-c4ccccc4)cc3c3cc4c(cc32)C(C)(C)C2C=c3c(c5ccccc5n3-c3ccccc3)=CC42)C1. The Kier molecular flexibility index (Phi) is 7.59. The van der Waals surface area contributed by atoms with Crippen LogP contribution in [0.25, 0.3) is 89.2 Å². The Morgan fingerprint density at radius 3 is 1.82 bits per heavy atom. The van der Waals surface area contributed by atoms with Gasteiger partial charge in [-0.2, -0.15) is 0 Å². The standard InChI is InChI=1S/C59H47N3/c1-37-16-10-11-21-42(30-37)62-56-29-27-39(38-26-28-55-47(31-38)43-22-12-14-24-53(43)60(55)40-17-6-4-7-18-40)32-48(56)50-34-46-45-33-49-44-23-13-15-25-54(44)61(41-19-8-5-9-20-41)57(49)35-51(45)59(2,3)52(46)36-58(50)62/h4-29,31-37,42,45,51H,30H2,1-3H3/t37-,42?,45?,51?/m0/s1. The fraction of sp³-hybridized carbons (Fsp3) is 0.153. The summed E-state index contributed by atoms with van der Waals surface area (Å²) in [5.41, 5.74) is 14.1. The van der Waals surface area contributed by atoms with E-state index >= 15 is 0 Å². The molecule has 3 heteroatoms. The Bertz CT molecular complexity index is 3660. The molecular formula is C59H47N3. The molecule has 298 valence electrons. The van der Waals surface area contributed by atoms with E-state index in [1.54, 1.807) is 0 Å². The molecule has 0 amide bonds. The first kappa shape index (κ1) is 35.6. The molecule has 3 aromatic heterocycles. The van der Waals surface area contributed by atoms with Crippen molar-refractivity contribution in [3.63, 3.8) is 0 Å². The van der Waals surface area contributed by atoms with Crippen LogP contribution in [0.3, 0.4) is 0 Å². The quantitative estimate of drug-likeness (QED) is 0.168. The zero-order chi connectivity index (χ0) is 41.3. The Balaban J connectivity index is 1.03. The van der Waals surface area contributed by atoms with Crippen LogP contribution < -0.4 is 10.6 Å². The van der Waals surface area contributed by atoms with Crippen LogP contribution >= 0.6 is 0 Å². The number of rotatable bonds is 4. The van der Waals surface area contributed by atoms with Gasteiger partial charge in [0.1, 0.15) is 0 Å². The van der Waals surface area contributed by atoms with E-state index in [0.29, 0.717) is 11.8 Å². The van der Waals surface area contributed by atoms with Gasteiger partial charge >= 0.3 is 0 Å². The normalized spacial score (nSPS) is 20.0. The minimum Gasteiger partial charge on any atom is -0.333 e. The van der Waals surface area contributed by atoms with Gasteiger partial charge in [0.25, 0.3) is 0 Å². The van der Waals surface area contributed by atoms with E-state index in [1.165, 1.54) is 98.7 Å². The van der Waals surface area contributed by atoms with Crippen molar-refractivity contribution in [2.45, 2.75) is 44.6 Å². The first-order valence-corrected chi connectivity index (χ1v) is 22.4. The van der Waals surface area contributed by atoms with Gasteiger partial charge in [0.2, 0.25) is 0 Å². The summed E-state index contributed by atoms with van der Waals surface area (Å²) in [6.07, 6.45) is 15.6. The van der Waals surface area contributed by atoms with E-state index in [4.69, 9.17) is 0 Å². The van der Waals surface area contributed by atoms with Gasteiger partial charge in [0.15, 0.2) is 0 Å². The summed E-state index contributed by atoms with van der Waals surface area (Å²) in [4.78, 5) is 0. The highest BCUT2D eigenvalue weighted by Gasteiger charge is 2.46. The molecule has 4 atom stereocenters. The van der Waals surface area contributed by atoms with Crippen molar-refractivity contribution in [3.8, 4) is 22.5 Å². The Hall–Kier alpha value is -7.10. The minimum absolute atomic E-state index is 0.0741. The van der Waals surface area contributed by atoms with E-state index in [9.17, 15) is 0 Å². The fourth-order valence-corrected chi connectivity index (χ4v) is 11.8. The first-order chi connectivity index (χ1) is 30.4. The Morgan fingerprint density at radius 2 is 1.08 bits per heavy atom. The number of allylic oxidation sites excluding steroid dienone is 4. The molecule has 0 saturated carbocycles. The van der Waals surface area contributed by atoms with Crippen LogP contribution in [0, 0.1) is 11.8 Å². The minimum atomic E-state index is -0.0741. The van der Waals surface area contributed by atoms with Gasteiger partial charge in [-0.05, 0) is 119 Å². The van der Waals surface area contributed by atoms with Crippen LogP contribution in [0.15, 0.2) is 182 Å². The van der Waals surface area contributed by atoms with Crippen molar-refractivity contribution < 1.29 is 0 Å². The zero-order valence-corrected chi connectivity index (χ0v) is 35.3. The van der Waals surface area contributed by atoms with Gasteiger partial charge in [-0.15, -0.1) is 0 Å². The van der Waals surface area contributed by atoms with E-state index in [2.05, 4.69) is 229 Å². The molecular weight excluding hydrogens is 751 g/mol. The average molecular weight is 798 g/mol. The lowest BCUT2D eigenvalue weighted by Gasteiger charge is -2.29. The third kappa shape index (κ3) is 5.05. The van der Waals surface area contributed by atoms with E-state index in [1.807, 2.05) is 0 Å². The number of hydrogen-bond acceptors (Lipinski definition) is 0. The highest BCUT2D eigenvalue weighted by Crippen LogP contribution is 2.55. The van der Waals surface area contributed by atoms with Crippen LogP contribution in [0.1, 0.15) is 50.3 Å². The summed E-state index contributed by atoms with van der Waals surface area (Å²) < 4.78 is 7.56. The van der Waals surface area contributed by atoms with Crippen molar-refractivity contribution in [2.75, 3.05) is 0 Å². The number of para-hydroxylation sites is 4. The topological polar surface area (TPSA) is 14.8 Å². The van der Waals surface area contributed by atoms with Crippen molar-refractivity contribution in [3.05, 3.63) is 204 Å². The van der Waals surface area contributed by atoms with Crippen molar-refractivity contribution in [1.29, 1.82) is 0 Å². The zero-order valence-electron chi connectivity index (χ0n) is 35.3. The second kappa shape index (κ2) is 13.2. The molecule has 0 aliphatic heterocycles. The summed E-state index contributed by atoms with van der Waals surface area (Å²) in [5, 5.41) is 9.22. The molecule has 0 saturated heterocycles. The lowest BCUT2D eigenvalue weighted by atomic mass is 9.74. The van der Waals surface area contributed by atoms with Crippen molar-refractivity contribution in [2.24, 2.45) is 11.8 Å². The number of hydrogen-bond donors (Lipinski definition) is 0. The third-order valence-electron chi connectivity index (χ3n) is 14.7. The molecule has 3 nitrogen and oxygen atoms in total. The molecule has 3 aliphatic carbocycles. The third-order valence-corrected chi connectivity index (χ3v) is 14.7. The summed E-state index contributed by atoms with van der Waals surface area (Å²) in [7, 11) is 0. The maximum atomic E-state index is 2.67. The summed E-state index contributed by atoms with van der Waals surface area (Å²) in [6.45, 7) is 7.33. The largest absolute Gasteiger partial charge is 0.333 e.